The van der Waals surface area contributed by atoms with Crippen molar-refractivity contribution in [2.24, 2.45) is 0 Å². The van der Waals surface area contributed by atoms with Gasteiger partial charge in [0.05, 0.1) is 0 Å². The Bertz CT molecular complexity index is 838. The number of rotatable bonds is 4. The zero-order chi connectivity index (χ0) is 18.1. The summed E-state index contributed by atoms with van der Waals surface area (Å²) in [4.78, 5) is 26.4. The second-order valence-corrected chi connectivity index (χ2v) is 7.44. The Morgan fingerprint density at radius 2 is 1.96 bits per heavy atom. The zero-order valence-electron chi connectivity index (χ0n) is 14.4. The van der Waals surface area contributed by atoms with Gasteiger partial charge in [-0.1, -0.05) is 0 Å². The summed E-state index contributed by atoms with van der Waals surface area (Å²) in [5, 5.41) is 2.74. The largest absolute Gasteiger partial charge is 0.486 e. The van der Waals surface area contributed by atoms with Gasteiger partial charge in [0.25, 0.3) is 5.91 Å². The lowest BCUT2D eigenvalue weighted by Gasteiger charge is -2.19. The van der Waals surface area contributed by atoms with E-state index < -0.39 is 12.1 Å². The average Bonchev–Trinajstić information content (AvgIpc) is 3.23. The molecule has 0 saturated heterocycles. The number of esters is 1. The average molecular weight is 373 g/mol. The van der Waals surface area contributed by atoms with Crippen molar-refractivity contribution in [3.63, 3.8) is 0 Å². The van der Waals surface area contributed by atoms with Gasteiger partial charge in [-0.25, -0.2) is 4.79 Å². The molecule has 0 radical (unpaired) electrons. The van der Waals surface area contributed by atoms with Crippen LogP contribution in [-0.4, -0.2) is 31.2 Å². The maximum atomic E-state index is 12.3. The number of anilines is 1. The SMILES string of the molecule is C[C@@H](OC(=O)c1cc2c(s1)CCC2)C(=O)Nc1ccc2c(c1)OCCO2. The molecule has 2 heterocycles. The predicted molar refractivity (Wildman–Crippen MR) is 97.3 cm³/mol. The number of carbonyl (C=O) groups is 2. The van der Waals surface area contributed by atoms with E-state index in [1.807, 2.05) is 6.07 Å². The lowest BCUT2D eigenvalue weighted by atomic mass is 10.2. The molecule has 2 aromatic rings. The Labute approximate surface area is 155 Å². The highest BCUT2D eigenvalue weighted by Gasteiger charge is 2.23. The Morgan fingerprint density at radius 1 is 1.15 bits per heavy atom. The number of ether oxygens (including phenoxy) is 3. The molecule has 1 aromatic heterocycles. The lowest BCUT2D eigenvalue weighted by Crippen LogP contribution is -2.29. The summed E-state index contributed by atoms with van der Waals surface area (Å²) >= 11 is 1.47. The predicted octanol–water partition coefficient (Wildman–Crippen LogP) is 3.19. The van der Waals surface area contributed by atoms with Gasteiger partial charge in [-0.2, -0.15) is 0 Å². The number of carbonyl (C=O) groups excluding carboxylic acids is 2. The molecular formula is C19H19NO5S. The fraction of sp³-hybridized carbons (Fsp3) is 0.368. The molecule has 6 nitrogen and oxygen atoms in total. The van der Waals surface area contributed by atoms with Crippen molar-refractivity contribution in [3.8, 4) is 11.5 Å². The summed E-state index contributed by atoms with van der Waals surface area (Å²) in [6.45, 7) is 2.55. The van der Waals surface area contributed by atoms with E-state index in [9.17, 15) is 9.59 Å². The number of hydrogen-bond acceptors (Lipinski definition) is 6. The van der Waals surface area contributed by atoms with Crippen molar-refractivity contribution in [3.05, 3.63) is 39.6 Å². The van der Waals surface area contributed by atoms with Gasteiger partial charge in [0.2, 0.25) is 0 Å². The zero-order valence-corrected chi connectivity index (χ0v) is 15.2. The van der Waals surface area contributed by atoms with Crippen LogP contribution in [0.4, 0.5) is 5.69 Å². The molecule has 136 valence electrons. The third-order valence-electron chi connectivity index (χ3n) is 4.41. The molecule has 1 aliphatic heterocycles. The van der Waals surface area contributed by atoms with E-state index in [1.54, 1.807) is 25.1 Å². The van der Waals surface area contributed by atoms with Crippen molar-refractivity contribution >= 4 is 28.9 Å². The highest BCUT2D eigenvalue weighted by Crippen LogP contribution is 2.33. The number of aryl methyl sites for hydroxylation is 2. The van der Waals surface area contributed by atoms with Crippen LogP contribution >= 0.6 is 11.3 Å². The van der Waals surface area contributed by atoms with Crippen molar-refractivity contribution in [1.29, 1.82) is 0 Å². The molecule has 1 atom stereocenters. The summed E-state index contributed by atoms with van der Waals surface area (Å²) in [6, 6.07) is 7.06. The minimum atomic E-state index is -0.896. The first-order valence-corrected chi connectivity index (χ1v) is 9.45. The summed E-state index contributed by atoms with van der Waals surface area (Å²) in [6.07, 6.45) is 2.28. The van der Waals surface area contributed by atoms with Crippen LogP contribution in [0.3, 0.4) is 0 Å². The van der Waals surface area contributed by atoms with Crippen molar-refractivity contribution < 1.29 is 23.8 Å². The van der Waals surface area contributed by atoms with E-state index in [2.05, 4.69) is 5.32 Å². The van der Waals surface area contributed by atoms with Crippen molar-refractivity contribution in [2.75, 3.05) is 18.5 Å². The van der Waals surface area contributed by atoms with Gasteiger partial charge < -0.3 is 19.5 Å². The molecule has 4 rings (SSSR count). The van der Waals surface area contributed by atoms with E-state index in [4.69, 9.17) is 14.2 Å². The first kappa shape index (κ1) is 16.9. The summed E-state index contributed by atoms with van der Waals surface area (Å²) in [5.74, 6) is 0.402. The number of thiophene rings is 1. The molecule has 0 bridgehead atoms. The maximum absolute atomic E-state index is 12.3. The summed E-state index contributed by atoms with van der Waals surface area (Å²) in [5.41, 5.74) is 1.80. The molecular weight excluding hydrogens is 354 g/mol. The Balaban J connectivity index is 1.37. The molecule has 1 amide bonds. The monoisotopic (exact) mass is 373 g/mol. The quantitative estimate of drug-likeness (QED) is 0.833. The molecule has 0 spiro atoms. The maximum Gasteiger partial charge on any atom is 0.349 e. The van der Waals surface area contributed by atoms with E-state index >= 15 is 0 Å². The molecule has 1 N–H and O–H groups in total. The van der Waals surface area contributed by atoms with Gasteiger partial charge in [0.1, 0.15) is 18.1 Å². The molecule has 2 aliphatic rings. The first-order valence-electron chi connectivity index (χ1n) is 8.63. The van der Waals surface area contributed by atoms with Gasteiger partial charge in [-0.15, -0.1) is 11.3 Å². The van der Waals surface area contributed by atoms with E-state index in [0.29, 0.717) is 35.3 Å². The molecule has 0 saturated carbocycles. The number of fused-ring (bicyclic) bond motifs is 2. The topological polar surface area (TPSA) is 73.9 Å². The van der Waals surface area contributed by atoms with Crippen LogP contribution in [-0.2, 0) is 22.4 Å². The van der Waals surface area contributed by atoms with Gasteiger partial charge in [-0.3, -0.25) is 4.79 Å². The molecule has 1 aliphatic carbocycles. The van der Waals surface area contributed by atoms with E-state index in [-0.39, 0.29) is 5.91 Å². The lowest BCUT2D eigenvalue weighted by molar-refractivity contribution is -0.123. The van der Waals surface area contributed by atoms with Gasteiger partial charge in [0.15, 0.2) is 17.6 Å². The minimum Gasteiger partial charge on any atom is -0.486 e. The Kier molecular flexibility index (Phi) is 4.55. The second-order valence-electron chi connectivity index (χ2n) is 6.31. The van der Waals surface area contributed by atoms with Gasteiger partial charge in [0, 0.05) is 16.6 Å². The van der Waals surface area contributed by atoms with Crippen LogP contribution in [0.15, 0.2) is 24.3 Å². The van der Waals surface area contributed by atoms with Crippen molar-refractivity contribution in [1.82, 2.24) is 0 Å². The van der Waals surface area contributed by atoms with Crippen LogP contribution < -0.4 is 14.8 Å². The van der Waals surface area contributed by atoms with Crippen LogP contribution in [0, 0.1) is 0 Å². The highest BCUT2D eigenvalue weighted by atomic mass is 32.1. The second kappa shape index (κ2) is 6.99. The number of benzene rings is 1. The third-order valence-corrected chi connectivity index (χ3v) is 5.63. The molecule has 26 heavy (non-hydrogen) atoms. The smallest absolute Gasteiger partial charge is 0.349 e. The summed E-state index contributed by atoms with van der Waals surface area (Å²) in [7, 11) is 0. The van der Waals surface area contributed by atoms with Crippen LogP contribution in [0.2, 0.25) is 0 Å². The summed E-state index contributed by atoms with van der Waals surface area (Å²) < 4.78 is 16.3. The Hall–Kier alpha value is -2.54. The van der Waals surface area contributed by atoms with Crippen LogP contribution in [0.1, 0.15) is 33.5 Å². The third kappa shape index (κ3) is 3.39. The fourth-order valence-corrected chi connectivity index (χ4v) is 4.20. The fourth-order valence-electron chi connectivity index (χ4n) is 3.07. The number of hydrogen-bond donors (Lipinski definition) is 1. The van der Waals surface area contributed by atoms with E-state index in [1.165, 1.54) is 21.8 Å². The standard InChI is InChI=1S/C19H19NO5S/c1-11(25-19(22)17-9-12-3-2-4-16(12)26-17)18(21)20-13-5-6-14-15(10-13)24-8-7-23-14/h5-6,9-11H,2-4,7-8H2,1H3,(H,20,21)/t11-/m1/s1. The molecule has 1 aromatic carbocycles. The van der Waals surface area contributed by atoms with Gasteiger partial charge >= 0.3 is 5.97 Å². The number of nitrogens with one attached hydrogen (secondary N) is 1. The Morgan fingerprint density at radius 3 is 2.77 bits per heavy atom. The van der Waals surface area contributed by atoms with Crippen LogP contribution in [0.25, 0.3) is 0 Å². The first-order chi connectivity index (χ1) is 12.6. The molecule has 7 heteroatoms. The number of amides is 1. The molecule has 0 unspecified atom stereocenters. The van der Waals surface area contributed by atoms with E-state index in [0.717, 1.165) is 19.3 Å². The van der Waals surface area contributed by atoms with Crippen LogP contribution in [0.5, 0.6) is 11.5 Å². The van der Waals surface area contributed by atoms with Gasteiger partial charge in [-0.05, 0) is 49.9 Å². The van der Waals surface area contributed by atoms with Crippen molar-refractivity contribution in [2.45, 2.75) is 32.3 Å². The minimum absolute atomic E-state index is 0.390. The normalized spacial score (nSPS) is 15.9. The molecule has 0 fully saturated rings. The highest BCUT2D eigenvalue weighted by molar-refractivity contribution is 7.14.